The minimum Gasteiger partial charge on any atom is -0.444 e. The number of aryl methyl sites for hydroxylation is 3. The Labute approximate surface area is 334 Å². The molecule has 2 N–H and O–H groups in total. The Kier molecular flexibility index (Phi) is 18.1. The van der Waals surface area contributed by atoms with Crippen molar-refractivity contribution in [3.63, 3.8) is 0 Å². The van der Waals surface area contributed by atoms with Crippen LogP contribution in [0.2, 0.25) is 10.0 Å². The van der Waals surface area contributed by atoms with Gasteiger partial charge in [-0.25, -0.2) is 4.79 Å². The molecule has 1 unspecified atom stereocenters. The second kappa shape index (κ2) is 21.9. The topological polar surface area (TPSA) is 95.2 Å². The van der Waals surface area contributed by atoms with E-state index in [1.54, 1.807) is 16.0 Å². The lowest BCUT2D eigenvalue weighted by Gasteiger charge is -2.46. The van der Waals surface area contributed by atoms with E-state index in [0.717, 1.165) is 67.6 Å². The number of ether oxygens (including phenoxy) is 1. The molecule has 9 nitrogen and oxygen atoms in total. The van der Waals surface area contributed by atoms with Crippen LogP contribution in [0, 0.1) is 0 Å². The van der Waals surface area contributed by atoms with Crippen LogP contribution in [-0.2, 0) is 28.8 Å². The number of piperazine rings is 1. The van der Waals surface area contributed by atoms with Crippen molar-refractivity contribution >= 4 is 35.2 Å². The molecular weight excluding hydrogens is 719 g/mol. The predicted octanol–water partition coefficient (Wildman–Crippen LogP) is 8.76. The van der Waals surface area contributed by atoms with E-state index in [1.165, 1.54) is 11.8 Å². The van der Waals surface area contributed by atoms with Gasteiger partial charge in [0.15, 0.2) is 0 Å². The molecule has 0 bridgehead atoms. The van der Waals surface area contributed by atoms with Gasteiger partial charge in [0.25, 0.3) is 0 Å². The van der Waals surface area contributed by atoms with Crippen molar-refractivity contribution in [2.24, 2.45) is 5.73 Å². The standard InChI is InChI=1S/C33H46Cl2N6O3.C8H10.C2H6/c1-6-39(16-13-36)15-8-14-38(5)31(42)28-22-40(32(43)44-33(2,3)4)17-18-41(28)30-27-12-11-25(34)19-23(27)9-7-10-24-20-26(35)21-37-29(24)30;1-2-8-6-4-3-5-7-8;1-2/h11-13,16,19-21,28,30H,6-10,14-15,17-18,22,36H2,1-5H3;3-7H,2H2,1H3;1-2H3/b16-13-;;/t28-,30?;;/m1../s1. The molecule has 2 aliphatic rings. The normalized spacial score (nSPS) is 17.0. The van der Waals surface area contributed by atoms with E-state index in [4.69, 9.17) is 38.7 Å². The molecule has 1 aliphatic heterocycles. The highest BCUT2D eigenvalue weighted by Crippen LogP contribution is 2.39. The van der Waals surface area contributed by atoms with E-state index in [9.17, 15) is 9.59 Å². The molecule has 1 saturated heterocycles. The van der Waals surface area contributed by atoms with Crippen molar-refractivity contribution < 1.29 is 14.3 Å². The zero-order chi connectivity index (χ0) is 39.8. The Morgan fingerprint density at radius 2 is 1.67 bits per heavy atom. The van der Waals surface area contributed by atoms with Crippen molar-refractivity contribution in [2.45, 2.75) is 98.3 Å². The minimum absolute atomic E-state index is 0.0521. The molecule has 1 aliphatic carbocycles. The van der Waals surface area contributed by atoms with Gasteiger partial charge in [0.05, 0.1) is 16.8 Å². The maximum atomic E-state index is 14.4. The molecule has 5 rings (SSSR count). The molecule has 1 aromatic heterocycles. The average Bonchev–Trinajstić information content (AvgIpc) is 3.15. The molecule has 0 saturated carbocycles. The van der Waals surface area contributed by atoms with Gasteiger partial charge in [0.1, 0.15) is 11.6 Å². The van der Waals surface area contributed by atoms with Crippen molar-refractivity contribution in [3.05, 3.63) is 111 Å². The number of benzene rings is 2. The zero-order valence-corrected chi connectivity index (χ0v) is 35.2. The van der Waals surface area contributed by atoms with Crippen LogP contribution in [-0.4, -0.2) is 94.5 Å². The number of fused-ring (bicyclic) bond motifs is 2. The van der Waals surface area contributed by atoms with Gasteiger partial charge in [-0.1, -0.05) is 80.4 Å². The third-order valence-corrected chi connectivity index (χ3v) is 9.92. The van der Waals surface area contributed by atoms with Gasteiger partial charge < -0.3 is 25.2 Å². The minimum atomic E-state index is -0.645. The molecule has 3 aromatic rings. The van der Waals surface area contributed by atoms with E-state index in [-0.39, 0.29) is 18.5 Å². The third kappa shape index (κ3) is 12.9. The summed E-state index contributed by atoms with van der Waals surface area (Å²) in [5.74, 6) is -0.0521. The molecule has 54 heavy (non-hydrogen) atoms. The highest BCUT2D eigenvalue weighted by atomic mass is 35.5. The molecule has 0 spiro atoms. The first-order chi connectivity index (χ1) is 25.8. The van der Waals surface area contributed by atoms with E-state index in [2.05, 4.69) is 54.0 Å². The fourth-order valence-corrected chi connectivity index (χ4v) is 7.19. The number of nitrogens with two attached hydrogens (primary N) is 1. The van der Waals surface area contributed by atoms with Gasteiger partial charge >= 0.3 is 6.09 Å². The summed E-state index contributed by atoms with van der Waals surface area (Å²) >= 11 is 12.9. The molecule has 2 heterocycles. The fraction of sp³-hybridized carbons (Fsp3) is 0.512. The maximum Gasteiger partial charge on any atom is 0.410 e. The Balaban J connectivity index is 0.000000685. The summed E-state index contributed by atoms with van der Waals surface area (Å²) in [7, 11) is 1.83. The van der Waals surface area contributed by atoms with Crippen LogP contribution in [0.15, 0.2) is 73.2 Å². The van der Waals surface area contributed by atoms with Crippen LogP contribution in [0.5, 0.6) is 0 Å². The van der Waals surface area contributed by atoms with Gasteiger partial charge in [0.2, 0.25) is 5.91 Å². The summed E-state index contributed by atoms with van der Waals surface area (Å²) < 4.78 is 5.73. The first-order valence-corrected chi connectivity index (χ1v) is 20.2. The number of rotatable bonds is 9. The lowest BCUT2D eigenvalue weighted by atomic mass is 9.86. The van der Waals surface area contributed by atoms with Gasteiger partial charge in [-0.15, -0.1) is 0 Å². The van der Waals surface area contributed by atoms with Crippen LogP contribution < -0.4 is 5.73 Å². The largest absolute Gasteiger partial charge is 0.444 e. The van der Waals surface area contributed by atoms with Gasteiger partial charge in [-0.3, -0.25) is 14.7 Å². The van der Waals surface area contributed by atoms with Crippen LogP contribution in [0.1, 0.15) is 95.3 Å². The van der Waals surface area contributed by atoms with Crippen LogP contribution in [0.3, 0.4) is 0 Å². The smallest absolute Gasteiger partial charge is 0.410 e. The van der Waals surface area contributed by atoms with Crippen LogP contribution in [0.4, 0.5) is 4.79 Å². The highest BCUT2D eigenvalue weighted by molar-refractivity contribution is 6.30. The van der Waals surface area contributed by atoms with Crippen molar-refractivity contribution in [2.75, 3.05) is 46.3 Å². The van der Waals surface area contributed by atoms with Crippen molar-refractivity contribution in [1.82, 2.24) is 24.6 Å². The maximum absolute atomic E-state index is 14.4. The second-order valence-corrected chi connectivity index (χ2v) is 15.3. The number of pyridine rings is 1. The average molecular weight is 782 g/mol. The predicted molar refractivity (Wildman–Crippen MR) is 223 cm³/mol. The molecule has 2 aromatic carbocycles. The zero-order valence-electron chi connectivity index (χ0n) is 33.7. The van der Waals surface area contributed by atoms with E-state index in [0.29, 0.717) is 29.7 Å². The number of hydrogen-bond donors (Lipinski definition) is 1. The molecule has 11 heteroatoms. The van der Waals surface area contributed by atoms with Gasteiger partial charge in [0, 0.05) is 69.9 Å². The number of aromatic nitrogens is 1. The summed E-state index contributed by atoms with van der Waals surface area (Å²) in [5.41, 5.74) is 10.5. The van der Waals surface area contributed by atoms with Crippen molar-refractivity contribution in [3.8, 4) is 0 Å². The lowest BCUT2D eigenvalue weighted by Crippen LogP contribution is -2.61. The highest BCUT2D eigenvalue weighted by Gasteiger charge is 2.43. The number of carbonyl (C=O) groups excluding carboxylic acids is 2. The van der Waals surface area contributed by atoms with E-state index in [1.807, 2.05) is 72.1 Å². The Morgan fingerprint density at radius 3 is 2.30 bits per heavy atom. The summed E-state index contributed by atoms with van der Waals surface area (Å²) in [6.45, 7) is 17.0. The van der Waals surface area contributed by atoms with Gasteiger partial charge in [-0.05, 0) is 100 Å². The Bertz CT molecular complexity index is 1590. The molecular formula is C43H62Cl2N6O3. The summed E-state index contributed by atoms with van der Waals surface area (Å²) in [4.78, 5) is 40.2. The molecule has 2 amide bonds. The Hall–Kier alpha value is -3.79. The summed E-state index contributed by atoms with van der Waals surface area (Å²) in [6.07, 6.45) is 9.16. The Morgan fingerprint density at radius 1 is 0.981 bits per heavy atom. The molecule has 2 atom stereocenters. The fourth-order valence-electron chi connectivity index (χ4n) is 6.82. The van der Waals surface area contributed by atoms with Crippen LogP contribution >= 0.6 is 23.2 Å². The monoisotopic (exact) mass is 780 g/mol. The molecule has 1 fully saturated rings. The number of amides is 2. The van der Waals surface area contributed by atoms with Crippen LogP contribution in [0.25, 0.3) is 0 Å². The van der Waals surface area contributed by atoms with Gasteiger partial charge in [-0.2, -0.15) is 0 Å². The number of halogens is 2. The SMILES string of the molecule is CC.CCN(/C=C\N)CCCN(C)C(=O)[C@H]1CN(C(=O)OC(C)(C)C)CCN1C1c2ccc(Cl)cc2CCCc2cc(Cl)cnc21.CCc1ccccc1. The van der Waals surface area contributed by atoms with E-state index >= 15 is 0 Å². The summed E-state index contributed by atoms with van der Waals surface area (Å²) in [6, 6.07) is 17.5. The molecule has 0 radical (unpaired) electrons. The number of hydrogen-bond acceptors (Lipinski definition) is 7. The number of likely N-dealkylation sites (N-methyl/N-ethyl adjacent to an activating group) is 1. The number of carbonyl (C=O) groups is 2. The first kappa shape index (κ1) is 44.6. The second-order valence-electron chi connectivity index (χ2n) is 14.4. The van der Waals surface area contributed by atoms with Crippen molar-refractivity contribution in [1.29, 1.82) is 0 Å². The molecule has 296 valence electrons. The quantitative estimate of drug-likeness (QED) is 0.232. The lowest BCUT2D eigenvalue weighted by molar-refractivity contribution is -0.139. The first-order valence-electron chi connectivity index (χ1n) is 19.4. The summed E-state index contributed by atoms with van der Waals surface area (Å²) in [5, 5.41) is 1.27. The number of nitrogens with zero attached hydrogens (tertiary/aromatic N) is 5. The van der Waals surface area contributed by atoms with E-state index < -0.39 is 17.7 Å². The third-order valence-electron chi connectivity index (χ3n) is 9.48.